The monoisotopic (exact) mass is 457 g/mol. The number of benzene rings is 2. The van der Waals surface area contributed by atoms with Crippen molar-refractivity contribution in [2.75, 3.05) is 0 Å². The van der Waals surface area contributed by atoms with E-state index in [1.807, 2.05) is 6.07 Å². The number of fused-ring (bicyclic) bond motifs is 1. The molecule has 0 amide bonds. The first-order valence-corrected chi connectivity index (χ1v) is 8.33. The second-order valence-electron chi connectivity index (χ2n) is 4.58. The van der Waals surface area contributed by atoms with E-state index in [1.165, 1.54) is 6.07 Å². The van der Waals surface area contributed by atoms with Gasteiger partial charge in [-0.25, -0.2) is 9.18 Å². The van der Waals surface area contributed by atoms with Gasteiger partial charge in [0.05, 0.1) is 15.1 Å². The molecule has 0 fully saturated rings. The average Bonchev–Trinajstić information content (AvgIpc) is 2.51. The van der Waals surface area contributed by atoms with Crippen molar-refractivity contribution in [3.8, 4) is 5.75 Å². The van der Waals surface area contributed by atoms with Gasteiger partial charge in [-0.15, -0.1) is 0 Å². The van der Waals surface area contributed by atoms with Crippen molar-refractivity contribution >= 4 is 60.3 Å². The molecule has 2 aromatic carbocycles. The first kappa shape index (κ1) is 16.4. The molecule has 116 valence electrons. The van der Waals surface area contributed by atoms with Crippen LogP contribution >= 0.6 is 43.5 Å². The number of esters is 1. The molecule has 0 saturated heterocycles. The summed E-state index contributed by atoms with van der Waals surface area (Å²) in [6, 6.07) is 8.88. The van der Waals surface area contributed by atoms with Crippen LogP contribution in [0.1, 0.15) is 10.4 Å². The molecule has 0 saturated carbocycles. The number of hydrogen-bond acceptors (Lipinski definition) is 3. The molecule has 0 aliphatic carbocycles. The lowest BCUT2D eigenvalue weighted by Crippen LogP contribution is -2.10. The van der Waals surface area contributed by atoms with Gasteiger partial charge in [0.15, 0.2) is 5.75 Å². The van der Waals surface area contributed by atoms with Crippen LogP contribution in [0.15, 0.2) is 51.5 Å². The maximum Gasteiger partial charge on any atom is 0.345 e. The Balaban J connectivity index is 2.06. The van der Waals surface area contributed by atoms with E-state index in [9.17, 15) is 9.18 Å². The van der Waals surface area contributed by atoms with Crippen LogP contribution in [0.4, 0.5) is 4.39 Å². The lowest BCUT2D eigenvalue weighted by Gasteiger charge is -2.11. The zero-order valence-corrected chi connectivity index (χ0v) is 15.2. The van der Waals surface area contributed by atoms with Crippen molar-refractivity contribution in [1.82, 2.24) is 4.98 Å². The van der Waals surface area contributed by atoms with Gasteiger partial charge in [0.2, 0.25) is 0 Å². The molecule has 0 bridgehead atoms. The summed E-state index contributed by atoms with van der Waals surface area (Å²) in [6.45, 7) is 0. The van der Waals surface area contributed by atoms with Crippen LogP contribution in [-0.2, 0) is 0 Å². The molecular weight excluding hydrogens is 452 g/mol. The summed E-state index contributed by atoms with van der Waals surface area (Å²) in [6.07, 6.45) is 1.60. The Kier molecular flexibility index (Phi) is 4.66. The van der Waals surface area contributed by atoms with E-state index in [1.54, 1.807) is 18.3 Å². The highest BCUT2D eigenvalue weighted by Gasteiger charge is 2.18. The number of halogens is 4. The predicted octanol–water partition coefficient (Wildman–Crippen LogP) is 5.77. The van der Waals surface area contributed by atoms with Gasteiger partial charge in [0, 0.05) is 16.1 Å². The molecule has 0 spiro atoms. The Bertz CT molecular complexity index is 933. The van der Waals surface area contributed by atoms with Gasteiger partial charge in [0.25, 0.3) is 0 Å². The zero-order valence-electron chi connectivity index (χ0n) is 11.3. The lowest BCUT2D eigenvalue weighted by molar-refractivity contribution is 0.0735. The molecule has 3 rings (SSSR count). The molecule has 1 aromatic heterocycles. The molecular formula is C16H7Br2ClFNO2. The Morgan fingerprint density at radius 2 is 1.96 bits per heavy atom. The second-order valence-corrected chi connectivity index (χ2v) is 6.70. The fraction of sp³-hybridized carbons (Fsp3) is 0. The molecule has 7 heteroatoms. The number of ether oxygens (including phenoxy) is 1. The summed E-state index contributed by atoms with van der Waals surface area (Å²) in [5.74, 6) is -0.942. The van der Waals surface area contributed by atoms with E-state index in [0.717, 1.165) is 22.0 Å². The van der Waals surface area contributed by atoms with Crippen LogP contribution in [0.5, 0.6) is 5.75 Å². The Labute approximate surface area is 152 Å². The summed E-state index contributed by atoms with van der Waals surface area (Å²) in [5, 5.41) is 0.782. The normalized spacial score (nSPS) is 10.8. The van der Waals surface area contributed by atoms with Crippen LogP contribution in [0.2, 0.25) is 5.02 Å². The van der Waals surface area contributed by atoms with E-state index >= 15 is 0 Å². The van der Waals surface area contributed by atoms with Crippen LogP contribution in [0, 0.1) is 5.82 Å². The van der Waals surface area contributed by atoms with E-state index < -0.39 is 11.8 Å². The number of nitrogens with zero attached hydrogens (tertiary/aromatic N) is 1. The first-order chi connectivity index (χ1) is 11.0. The second kappa shape index (κ2) is 6.55. The predicted molar refractivity (Wildman–Crippen MR) is 93.5 cm³/mol. The smallest absolute Gasteiger partial charge is 0.345 e. The van der Waals surface area contributed by atoms with Gasteiger partial charge in [-0.1, -0.05) is 33.6 Å². The lowest BCUT2D eigenvalue weighted by atomic mass is 10.2. The fourth-order valence-corrected chi connectivity index (χ4v) is 3.64. The van der Waals surface area contributed by atoms with Crippen LogP contribution in [0.3, 0.4) is 0 Å². The number of carbonyl (C=O) groups excluding carboxylic acids is 1. The van der Waals surface area contributed by atoms with Crippen LogP contribution in [-0.4, -0.2) is 11.0 Å². The summed E-state index contributed by atoms with van der Waals surface area (Å²) < 4.78 is 19.9. The molecule has 0 aliphatic heterocycles. The summed E-state index contributed by atoms with van der Waals surface area (Å²) >= 11 is 12.7. The third kappa shape index (κ3) is 3.24. The number of hydrogen-bond donors (Lipinski definition) is 0. The number of carbonyl (C=O) groups is 1. The Morgan fingerprint density at radius 1 is 1.17 bits per heavy atom. The van der Waals surface area contributed by atoms with Crippen molar-refractivity contribution in [2.24, 2.45) is 0 Å². The number of rotatable bonds is 2. The van der Waals surface area contributed by atoms with Crippen molar-refractivity contribution < 1.29 is 13.9 Å². The largest absolute Gasteiger partial charge is 0.419 e. The topological polar surface area (TPSA) is 39.2 Å². The minimum Gasteiger partial charge on any atom is -0.419 e. The molecule has 23 heavy (non-hydrogen) atoms. The number of aromatic nitrogens is 1. The minimum absolute atomic E-state index is 0.0134. The molecule has 0 aliphatic rings. The molecule has 0 atom stereocenters. The summed E-state index contributed by atoms with van der Waals surface area (Å²) in [5.41, 5.74) is 0.590. The first-order valence-electron chi connectivity index (χ1n) is 6.37. The Hall–Kier alpha value is -1.50. The highest BCUT2D eigenvalue weighted by Crippen LogP contribution is 2.37. The molecule has 1 heterocycles. The van der Waals surface area contributed by atoms with Crippen molar-refractivity contribution in [3.05, 3.63) is 67.9 Å². The minimum atomic E-state index is -0.690. The highest BCUT2D eigenvalue weighted by atomic mass is 79.9. The molecule has 0 N–H and O–H groups in total. The standard InChI is InChI=1S/C16H7Br2ClFNO2/c17-11-7-12(18)15(14-9(11)2-1-5-21-14)23-16(22)10-4-3-8(20)6-13(10)19/h1-7H. The maximum atomic E-state index is 13.1. The molecule has 0 unspecified atom stereocenters. The van der Waals surface area contributed by atoms with Gasteiger partial charge < -0.3 is 4.74 Å². The maximum absolute atomic E-state index is 13.1. The molecule has 3 aromatic rings. The average molecular weight is 459 g/mol. The number of pyridine rings is 1. The summed E-state index contributed by atoms with van der Waals surface area (Å²) in [4.78, 5) is 16.6. The van der Waals surface area contributed by atoms with E-state index in [-0.39, 0.29) is 16.3 Å². The van der Waals surface area contributed by atoms with Gasteiger partial charge in [-0.05, 0) is 46.3 Å². The van der Waals surface area contributed by atoms with Gasteiger partial charge in [0.1, 0.15) is 11.3 Å². The highest BCUT2D eigenvalue weighted by molar-refractivity contribution is 9.11. The third-order valence-corrected chi connectivity index (χ3v) is 4.65. The molecule has 3 nitrogen and oxygen atoms in total. The zero-order chi connectivity index (χ0) is 16.6. The SMILES string of the molecule is O=C(Oc1c(Br)cc(Br)c2cccnc12)c1ccc(F)cc1Cl. The van der Waals surface area contributed by atoms with Gasteiger partial charge >= 0.3 is 5.97 Å². The van der Waals surface area contributed by atoms with Gasteiger partial charge in [-0.2, -0.15) is 0 Å². The van der Waals surface area contributed by atoms with Crippen molar-refractivity contribution in [2.45, 2.75) is 0 Å². The quantitative estimate of drug-likeness (QED) is 0.361. The fourth-order valence-electron chi connectivity index (χ4n) is 2.05. The van der Waals surface area contributed by atoms with Crippen LogP contribution < -0.4 is 4.74 Å². The van der Waals surface area contributed by atoms with E-state index in [0.29, 0.717) is 9.99 Å². The van der Waals surface area contributed by atoms with Crippen molar-refractivity contribution in [1.29, 1.82) is 0 Å². The van der Waals surface area contributed by atoms with E-state index in [2.05, 4.69) is 36.8 Å². The summed E-state index contributed by atoms with van der Waals surface area (Å²) in [7, 11) is 0. The van der Waals surface area contributed by atoms with Gasteiger partial charge in [-0.3, -0.25) is 4.98 Å². The van der Waals surface area contributed by atoms with Crippen molar-refractivity contribution in [3.63, 3.8) is 0 Å². The van der Waals surface area contributed by atoms with Crippen LogP contribution in [0.25, 0.3) is 10.9 Å². The Morgan fingerprint density at radius 3 is 2.70 bits per heavy atom. The third-order valence-electron chi connectivity index (χ3n) is 3.10. The molecule has 0 radical (unpaired) electrons. The van der Waals surface area contributed by atoms with E-state index in [4.69, 9.17) is 16.3 Å².